The molecule has 228 valence electrons. The Kier molecular flexibility index (Phi) is 8.10. The van der Waals surface area contributed by atoms with Crippen LogP contribution in [0.15, 0.2) is 36.5 Å². The van der Waals surface area contributed by atoms with Gasteiger partial charge in [-0.1, -0.05) is 12.1 Å². The van der Waals surface area contributed by atoms with Gasteiger partial charge in [0.25, 0.3) is 11.8 Å². The molecular weight excluding hydrogens is 579 g/mol. The van der Waals surface area contributed by atoms with Crippen molar-refractivity contribution < 1.29 is 41.0 Å². The maximum Gasteiger partial charge on any atom is 0.423 e. The summed E-state index contributed by atoms with van der Waals surface area (Å²) in [6, 6.07) is 5.72. The third kappa shape index (κ3) is 6.16. The van der Waals surface area contributed by atoms with Crippen LogP contribution in [0.2, 0.25) is 0 Å². The van der Waals surface area contributed by atoms with Gasteiger partial charge in [0, 0.05) is 38.9 Å². The molecule has 0 unspecified atom stereocenters. The number of alkyl halides is 4. The van der Waals surface area contributed by atoms with Crippen LogP contribution < -0.4 is 20.1 Å². The van der Waals surface area contributed by atoms with E-state index in [0.29, 0.717) is 24.7 Å². The number of piperidine rings is 1. The highest BCUT2D eigenvalue weighted by molar-refractivity contribution is 6.01. The van der Waals surface area contributed by atoms with Crippen LogP contribution in [0.25, 0.3) is 0 Å². The number of rotatable bonds is 7. The Bertz CT molecular complexity index is 1570. The first-order chi connectivity index (χ1) is 20.3. The first-order valence-corrected chi connectivity index (χ1v) is 13.1. The predicted molar refractivity (Wildman–Crippen MR) is 144 cm³/mol. The molecule has 5 rings (SSSR count). The van der Waals surface area contributed by atoms with Crippen LogP contribution in [0.3, 0.4) is 0 Å². The van der Waals surface area contributed by atoms with E-state index in [4.69, 9.17) is 9.47 Å². The second-order valence-electron chi connectivity index (χ2n) is 10.3. The average molecular weight is 607 g/mol. The number of methoxy groups -OCH3 is 1. The van der Waals surface area contributed by atoms with Crippen molar-refractivity contribution in [1.82, 2.24) is 25.1 Å². The van der Waals surface area contributed by atoms with Crippen molar-refractivity contribution in [2.45, 2.75) is 31.4 Å². The molecule has 2 atom stereocenters. The van der Waals surface area contributed by atoms with E-state index in [9.17, 15) is 27.2 Å². The fourth-order valence-electron chi connectivity index (χ4n) is 4.94. The second kappa shape index (κ2) is 11.6. The van der Waals surface area contributed by atoms with E-state index >= 15 is 4.39 Å². The van der Waals surface area contributed by atoms with Gasteiger partial charge < -0.3 is 29.9 Å². The normalized spacial score (nSPS) is 18.8. The maximum atomic E-state index is 15.1. The number of fused-ring (bicyclic) bond motifs is 1. The van der Waals surface area contributed by atoms with Gasteiger partial charge in [-0.25, -0.2) is 13.8 Å². The molecule has 0 spiro atoms. The standard InChI is InChI=1S/C28H27F5N6O4/c1-38-8-7-19(18(30)13-38)35-24(40)15-9-22(42-3)20(10-17(15)29)36-27-34-11-16(28(31,32)33)25(37-27)43-21-6-4-5-14-12-39(2)26(41)23(14)21/h4-6,9-11,18-19H,7-8,12-13H2,1-3H3,(H,35,40)(H,34,36,37)/t18-,19+/m0/s1. The first-order valence-electron chi connectivity index (χ1n) is 13.1. The molecule has 0 radical (unpaired) electrons. The minimum absolute atomic E-state index is 0.0628. The summed E-state index contributed by atoms with van der Waals surface area (Å²) in [6.45, 7) is 0.942. The Hall–Kier alpha value is -4.53. The highest BCUT2D eigenvalue weighted by Crippen LogP contribution is 2.40. The minimum atomic E-state index is -4.90. The maximum absolute atomic E-state index is 15.1. The number of halogens is 5. The SMILES string of the molecule is COc1cc(C(=O)N[C@@H]2CCN(C)C[C@@H]2F)c(F)cc1Nc1ncc(C(F)(F)F)c(Oc2cccc3c2C(=O)N(C)C3)n1. The van der Waals surface area contributed by atoms with Crippen molar-refractivity contribution in [3.8, 4) is 17.4 Å². The molecule has 43 heavy (non-hydrogen) atoms. The van der Waals surface area contributed by atoms with E-state index in [1.807, 2.05) is 0 Å². The Morgan fingerprint density at radius 3 is 2.63 bits per heavy atom. The molecule has 15 heteroatoms. The molecule has 2 N–H and O–H groups in total. The zero-order valence-electron chi connectivity index (χ0n) is 23.3. The van der Waals surface area contributed by atoms with Crippen molar-refractivity contribution in [2.75, 3.05) is 39.6 Å². The number of nitrogens with zero attached hydrogens (tertiary/aromatic N) is 4. The van der Waals surface area contributed by atoms with Gasteiger partial charge in [-0.05, 0) is 31.2 Å². The number of aromatic nitrogens is 2. The Balaban J connectivity index is 1.42. The number of anilines is 2. The van der Waals surface area contributed by atoms with Crippen molar-refractivity contribution in [1.29, 1.82) is 0 Å². The van der Waals surface area contributed by atoms with Crippen LogP contribution in [0.4, 0.5) is 33.6 Å². The lowest BCUT2D eigenvalue weighted by atomic mass is 10.0. The van der Waals surface area contributed by atoms with Crippen molar-refractivity contribution in [3.05, 3.63) is 64.6 Å². The molecule has 0 bridgehead atoms. The Morgan fingerprint density at radius 1 is 1.16 bits per heavy atom. The van der Waals surface area contributed by atoms with E-state index in [0.717, 1.165) is 12.1 Å². The zero-order chi connectivity index (χ0) is 31.1. The molecular formula is C28H27F5N6O4. The van der Waals surface area contributed by atoms with Crippen LogP contribution in [0, 0.1) is 5.82 Å². The van der Waals surface area contributed by atoms with E-state index in [2.05, 4.69) is 20.6 Å². The number of hydrogen-bond donors (Lipinski definition) is 2. The molecule has 3 aromatic rings. The van der Waals surface area contributed by atoms with E-state index < -0.39 is 59.0 Å². The van der Waals surface area contributed by atoms with Gasteiger partial charge in [0.1, 0.15) is 29.1 Å². The number of benzene rings is 2. The number of ether oxygens (including phenoxy) is 2. The molecule has 1 aromatic heterocycles. The number of amides is 2. The number of carbonyl (C=O) groups is 2. The fraction of sp³-hybridized carbons (Fsp3) is 0.357. The first kappa shape index (κ1) is 29.9. The van der Waals surface area contributed by atoms with E-state index in [1.54, 1.807) is 31.1 Å². The summed E-state index contributed by atoms with van der Waals surface area (Å²) < 4.78 is 81.8. The summed E-state index contributed by atoms with van der Waals surface area (Å²) in [5.74, 6) is -3.77. The van der Waals surface area contributed by atoms with Crippen molar-refractivity contribution >= 4 is 23.5 Å². The molecule has 3 heterocycles. The minimum Gasteiger partial charge on any atom is -0.495 e. The molecule has 1 fully saturated rings. The molecule has 2 aliphatic rings. The highest BCUT2D eigenvalue weighted by atomic mass is 19.4. The lowest BCUT2D eigenvalue weighted by Gasteiger charge is -2.32. The molecule has 2 amide bonds. The number of hydrogen-bond acceptors (Lipinski definition) is 8. The average Bonchev–Trinajstić information content (AvgIpc) is 3.23. The summed E-state index contributed by atoms with van der Waals surface area (Å²) in [5, 5.41) is 5.10. The van der Waals surface area contributed by atoms with Gasteiger partial charge in [0.05, 0.1) is 30.0 Å². The Morgan fingerprint density at radius 2 is 1.93 bits per heavy atom. The summed E-state index contributed by atoms with van der Waals surface area (Å²) in [4.78, 5) is 36.1. The lowest BCUT2D eigenvalue weighted by molar-refractivity contribution is -0.139. The van der Waals surface area contributed by atoms with Gasteiger partial charge >= 0.3 is 6.18 Å². The van der Waals surface area contributed by atoms with Gasteiger partial charge in [-0.2, -0.15) is 18.2 Å². The van der Waals surface area contributed by atoms with Gasteiger partial charge in [-0.3, -0.25) is 9.59 Å². The van der Waals surface area contributed by atoms with Crippen molar-refractivity contribution in [3.63, 3.8) is 0 Å². The summed E-state index contributed by atoms with van der Waals surface area (Å²) >= 11 is 0. The molecule has 10 nitrogen and oxygen atoms in total. The van der Waals surface area contributed by atoms with E-state index in [1.165, 1.54) is 18.1 Å². The van der Waals surface area contributed by atoms with Crippen LogP contribution in [-0.4, -0.2) is 78.1 Å². The van der Waals surface area contributed by atoms with Crippen LogP contribution >= 0.6 is 0 Å². The quantitative estimate of drug-likeness (QED) is 0.378. The molecule has 1 saturated heterocycles. The summed E-state index contributed by atoms with van der Waals surface area (Å²) in [6.07, 6.45) is -5.41. The second-order valence-corrected chi connectivity index (χ2v) is 10.3. The van der Waals surface area contributed by atoms with Gasteiger partial charge in [0.15, 0.2) is 0 Å². The third-order valence-corrected chi connectivity index (χ3v) is 7.19. The van der Waals surface area contributed by atoms with Gasteiger partial charge in [0.2, 0.25) is 11.8 Å². The Labute approximate surface area is 242 Å². The fourth-order valence-corrected chi connectivity index (χ4v) is 4.94. The molecule has 0 saturated carbocycles. The third-order valence-electron chi connectivity index (χ3n) is 7.19. The smallest absolute Gasteiger partial charge is 0.423 e. The molecule has 2 aromatic carbocycles. The topological polar surface area (TPSA) is 109 Å². The van der Waals surface area contributed by atoms with E-state index in [-0.39, 0.29) is 35.8 Å². The monoisotopic (exact) mass is 606 g/mol. The zero-order valence-corrected chi connectivity index (χ0v) is 23.3. The number of likely N-dealkylation sites (tertiary alicyclic amines) is 1. The van der Waals surface area contributed by atoms with Crippen LogP contribution in [0.5, 0.6) is 17.4 Å². The number of nitrogens with one attached hydrogen (secondary N) is 2. The largest absolute Gasteiger partial charge is 0.495 e. The highest BCUT2D eigenvalue weighted by Gasteiger charge is 2.38. The number of carbonyl (C=O) groups excluding carboxylic acids is 2. The van der Waals surface area contributed by atoms with Crippen molar-refractivity contribution in [2.24, 2.45) is 0 Å². The summed E-state index contributed by atoms with van der Waals surface area (Å²) in [7, 11) is 4.54. The van der Waals surface area contributed by atoms with Crippen LogP contribution in [0.1, 0.15) is 38.3 Å². The molecule has 2 aliphatic heterocycles. The van der Waals surface area contributed by atoms with Gasteiger partial charge in [-0.15, -0.1) is 0 Å². The van der Waals surface area contributed by atoms with Crippen LogP contribution in [-0.2, 0) is 12.7 Å². The lowest BCUT2D eigenvalue weighted by Crippen LogP contribution is -2.51. The predicted octanol–water partition coefficient (Wildman–Crippen LogP) is 4.54. The summed E-state index contributed by atoms with van der Waals surface area (Å²) in [5.41, 5.74) is -1.14. The molecule has 0 aliphatic carbocycles.